The molecule has 1 aliphatic carbocycles. The number of hydrogen-bond donors (Lipinski definition) is 3. The molecule has 0 saturated carbocycles. The Balaban J connectivity index is 1.56. The van der Waals surface area contributed by atoms with Crippen LogP contribution in [-0.2, 0) is 4.79 Å². The molecular formula is C26H20ClN3O3S. The average molecular weight is 490 g/mol. The molecule has 2 atom stereocenters. The summed E-state index contributed by atoms with van der Waals surface area (Å²) in [5.74, 6) is -0.174. The molecule has 0 amide bonds. The lowest BCUT2D eigenvalue weighted by molar-refractivity contribution is -0.116. The molecule has 2 aromatic carbocycles. The van der Waals surface area contributed by atoms with E-state index in [1.807, 2.05) is 41.8 Å². The number of thiophene rings is 1. The number of para-hydroxylation sites is 1. The number of H-pyrrole nitrogens is 1. The van der Waals surface area contributed by atoms with E-state index in [0.29, 0.717) is 46.1 Å². The number of fused-ring (bicyclic) bond motifs is 1. The van der Waals surface area contributed by atoms with Crippen LogP contribution in [0.2, 0.25) is 5.02 Å². The van der Waals surface area contributed by atoms with Crippen LogP contribution in [0.15, 0.2) is 82.1 Å². The number of ketones is 1. The molecule has 0 fully saturated rings. The van der Waals surface area contributed by atoms with Gasteiger partial charge in [0.1, 0.15) is 11.6 Å². The zero-order chi connectivity index (χ0) is 23.4. The molecule has 3 heterocycles. The third kappa shape index (κ3) is 3.31. The standard InChI is InChI=1S/C26H20ClN3O3S/c27-15-8-9-19(31)17(13-15)22-23-18(11-14(12-20(23)32)21-7-4-10-34-21)28-25-24(22)26(33)30(29-25)16-5-2-1-3-6-16/h1-10,13-14,22,28-29,31H,11-12H2/t14-,22-/m0/s1. The van der Waals surface area contributed by atoms with E-state index in [9.17, 15) is 14.7 Å². The van der Waals surface area contributed by atoms with Gasteiger partial charge in [-0.25, -0.2) is 4.68 Å². The highest BCUT2D eigenvalue weighted by atomic mass is 35.5. The number of nitrogens with one attached hydrogen (secondary N) is 2. The Morgan fingerprint density at radius 3 is 2.62 bits per heavy atom. The molecule has 34 heavy (non-hydrogen) atoms. The predicted octanol–water partition coefficient (Wildman–Crippen LogP) is 5.54. The molecule has 4 aromatic rings. The van der Waals surface area contributed by atoms with Crippen molar-refractivity contribution in [2.75, 3.05) is 5.32 Å². The van der Waals surface area contributed by atoms with Gasteiger partial charge in [0, 0.05) is 39.1 Å². The number of hydrogen-bond acceptors (Lipinski definition) is 5. The minimum atomic E-state index is -0.726. The van der Waals surface area contributed by atoms with Gasteiger partial charge < -0.3 is 10.4 Å². The normalized spacial score (nSPS) is 19.5. The zero-order valence-corrected chi connectivity index (χ0v) is 19.5. The van der Waals surface area contributed by atoms with Crippen LogP contribution in [0.3, 0.4) is 0 Å². The van der Waals surface area contributed by atoms with Crippen molar-refractivity contribution in [1.29, 1.82) is 0 Å². The third-order valence-corrected chi connectivity index (χ3v) is 7.82. The number of allylic oxidation sites excluding steroid dienone is 2. The number of carbonyl (C=O) groups excluding carboxylic acids is 1. The number of halogens is 1. The number of phenols is 1. The van der Waals surface area contributed by atoms with Crippen LogP contribution in [0, 0.1) is 0 Å². The molecule has 6 rings (SSSR count). The van der Waals surface area contributed by atoms with Crippen molar-refractivity contribution in [3.63, 3.8) is 0 Å². The van der Waals surface area contributed by atoms with Crippen molar-refractivity contribution in [3.05, 3.63) is 109 Å². The Morgan fingerprint density at radius 1 is 1.03 bits per heavy atom. The molecule has 0 radical (unpaired) electrons. The maximum atomic E-state index is 13.7. The lowest BCUT2D eigenvalue weighted by Crippen LogP contribution is -2.31. The van der Waals surface area contributed by atoms with E-state index in [1.54, 1.807) is 23.5 Å². The molecule has 3 N–H and O–H groups in total. The minimum absolute atomic E-state index is 0.00542. The number of Topliss-reactive ketones (excluding diaryl/α,β-unsaturated/α-hetero) is 1. The highest BCUT2D eigenvalue weighted by Crippen LogP contribution is 2.49. The minimum Gasteiger partial charge on any atom is -0.508 e. The fourth-order valence-corrected chi connectivity index (χ4v) is 6.05. The molecular weight excluding hydrogens is 470 g/mol. The smallest absolute Gasteiger partial charge is 0.277 e. The van der Waals surface area contributed by atoms with Crippen LogP contribution in [0.25, 0.3) is 5.69 Å². The summed E-state index contributed by atoms with van der Waals surface area (Å²) >= 11 is 7.93. The molecule has 6 nitrogen and oxygen atoms in total. The van der Waals surface area contributed by atoms with E-state index in [0.717, 1.165) is 10.6 Å². The van der Waals surface area contributed by atoms with Gasteiger partial charge in [0.15, 0.2) is 5.78 Å². The van der Waals surface area contributed by atoms with Gasteiger partial charge in [0.05, 0.1) is 17.2 Å². The van der Waals surface area contributed by atoms with Crippen molar-refractivity contribution in [2.45, 2.75) is 24.7 Å². The summed E-state index contributed by atoms with van der Waals surface area (Å²) in [7, 11) is 0. The first kappa shape index (κ1) is 21.0. The monoisotopic (exact) mass is 489 g/mol. The first-order valence-electron chi connectivity index (χ1n) is 11.0. The second kappa shape index (κ2) is 8.04. The van der Waals surface area contributed by atoms with Crippen LogP contribution in [0.5, 0.6) is 5.75 Å². The number of rotatable bonds is 3. The third-order valence-electron chi connectivity index (χ3n) is 6.55. The highest BCUT2D eigenvalue weighted by molar-refractivity contribution is 7.10. The second-order valence-corrected chi connectivity index (χ2v) is 9.99. The fourth-order valence-electron chi connectivity index (χ4n) is 5.04. The van der Waals surface area contributed by atoms with Crippen molar-refractivity contribution in [2.24, 2.45) is 0 Å². The van der Waals surface area contributed by atoms with E-state index in [1.165, 1.54) is 10.7 Å². The SMILES string of the molecule is O=C1C[C@@H](c2cccs2)CC2=C1[C@H](c1cc(Cl)ccc1O)c1c([nH]n(-c3ccccc3)c1=O)N2. The lowest BCUT2D eigenvalue weighted by atomic mass is 9.73. The first-order valence-corrected chi connectivity index (χ1v) is 12.2. The van der Waals surface area contributed by atoms with Crippen LogP contribution < -0.4 is 10.9 Å². The van der Waals surface area contributed by atoms with Crippen LogP contribution in [0.4, 0.5) is 5.82 Å². The molecule has 1 aliphatic heterocycles. The van der Waals surface area contributed by atoms with E-state index < -0.39 is 5.92 Å². The Hall–Kier alpha value is -3.55. The molecule has 0 saturated heterocycles. The second-order valence-electron chi connectivity index (χ2n) is 8.57. The van der Waals surface area contributed by atoms with Gasteiger partial charge in [0.25, 0.3) is 5.56 Å². The Morgan fingerprint density at radius 2 is 1.85 bits per heavy atom. The summed E-state index contributed by atoms with van der Waals surface area (Å²) in [6.45, 7) is 0. The summed E-state index contributed by atoms with van der Waals surface area (Å²) < 4.78 is 1.46. The number of aromatic hydroxyl groups is 1. The number of anilines is 1. The van der Waals surface area contributed by atoms with E-state index in [2.05, 4.69) is 16.5 Å². The Kier molecular flexibility index (Phi) is 4.97. The Bertz CT molecular complexity index is 1500. The summed E-state index contributed by atoms with van der Waals surface area (Å²) in [5, 5.41) is 19.8. The lowest BCUT2D eigenvalue weighted by Gasteiger charge is -2.34. The Labute approximate surface area is 204 Å². The number of aromatic nitrogens is 2. The highest BCUT2D eigenvalue weighted by Gasteiger charge is 2.42. The summed E-state index contributed by atoms with van der Waals surface area (Å²) in [4.78, 5) is 28.4. The van der Waals surface area contributed by atoms with Crippen molar-refractivity contribution in [1.82, 2.24) is 9.78 Å². The number of benzene rings is 2. The van der Waals surface area contributed by atoms with E-state index >= 15 is 0 Å². The predicted molar refractivity (Wildman–Crippen MR) is 133 cm³/mol. The summed E-state index contributed by atoms with van der Waals surface area (Å²) in [6.07, 6.45) is 0.989. The van der Waals surface area contributed by atoms with E-state index in [4.69, 9.17) is 11.6 Å². The first-order chi connectivity index (χ1) is 16.5. The zero-order valence-electron chi connectivity index (χ0n) is 17.9. The van der Waals surface area contributed by atoms with Gasteiger partial charge in [-0.3, -0.25) is 14.7 Å². The van der Waals surface area contributed by atoms with Crippen LogP contribution in [-0.4, -0.2) is 20.7 Å². The van der Waals surface area contributed by atoms with Gasteiger partial charge in [0.2, 0.25) is 0 Å². The molecule has 0 unspecified atom stereocenters. The molecule has 0 spiro atoms. The van der Waals surface area contributed by atoms with Gasteiger partial charge in [-0.05, 0) is 48.2 Å². The molecule has 8 heteroatoms. The molecule has 2 aromatic heterocycles. The van der Waals surface area contributed by atoms with Crippen LogP contribution >= 0.6 is 22.9 Å². The number of nitrogens with zero attached hydrogens (tertiary/aromatic N) is 1. The largest absolute Gasteiger partial charge is 0.508 e. The maximum Gasteiger partial charge on any atom is 0.277 e. The van der Waals surface area contributed by atoms with Crippen molar-refractivity contribution in [3.8, 4) is 11.4 Å². The van der Waals surface area contributed by atoms with Gasteiger partial charge in [-0.1, -0.05) is 35.9 Å². The van der Waals surface area contributed by atoms with Crippen molar-refractivity contribution < 1.29 is 9.90 Å². The van der Waals surface area contributed by atoms with Crippen molar-refractivity contribution >= 4 is 34.5 Å². The molecule has 0 bridgehead atoms. The topological polar surface area (TPSA) is 87.1 Å². The van der Waals surface area contributed by atoms with Crippen LogP contribution in [0.1, 0.15) is 40.7 Å². The number of carbonyl (C=O) groups is 1. The number of aromatic amines is 1. The van der Waals surface area contributed by atoms with E-state index in [-0.39, 0.29) is 23.0 Å². The quantitative estimate of drug-likeness (QED) is 0.352. The number of phenolic OH excluding ortho intramolecular Hbond substituents is 1. The summed E-state index contributed by atoms with van der Waals surface area (Å²) in [5.41, 5.74) is 2.53. The maximum absolute atomic E-state index is 13.7. The summed E-state index contributed by atoms with van der Waals surface area (Å²) in [6, 6.07) is 18.0. The van der Waals surface area contributed by atoms with Gasteiger partial charge in [-0.15, -0.1) is 11.3 Å². The van der Waals surface area contributed by atoms with Gasteiger partial charge >= 0.3 is 0 Å². The molecule has 2 aliphatic rings. The molecule has 170 valence electrons. The fraction of sp³-hybridized carbons (Fsp3) is 0.154. The average Bonchev–Trinajstić information content (AvgIpc) is 3.49. The van der Waals surface area contributed by atoms with Gasteiger partial charge in [-0.2, -0.15) is 0 Å².